The minimum Gasteiger partial charge on any atom is -0.377 e. The summed E-state index contributed by atoms with van der Waals surface area (Å²) in [5, 5.41) is 5.82. The number of hydrogen-bond donors (Lipinski definition) is 3. The third-order valence-electron chi connectivity index (χ3n) is 14.2. The Labute approximate surface area is 381 Å². The molecule has 5 heterocycles. The zero-order chi connectivity index (χ0) is 46.3. The number of carbonyl (C=O) groups excluding carboxylic acids is 2. The molecule has 2 aliphatic heterocycles. The fourth-order valence-electron chi connectivity index (χ4n) is 10.6. The Morgan fingerprint density at radius 1 is 0.894 bits per heavy atom. The molecule has 66 heavy (non-hydrogen) atoms. The van der Waals surface area contributed by atoms with Gasteiger partial charge in [-0.1, -0.05) is 18.9 Å². The minimum absolute atomic E-state index is 0.0800. The minimum atomic E-state index is -3.83. The van der Waals surface area contributed by atoms with Crippen LogP contribution < -0.4 is 26.6 Å². The van der Waals surface area contributed by atoms with Gasteiger partial charge in [0.2, 0.25) is 27.8 Å². The summed E-state index contributed by atoms with van der Waals surface area (Å²) >= 11 is 0. The fourth-order valence-corrected chi connectivity index (χ4v) is 11.7. The second-order valence-electron chi connectivity index (χ2n) is 18.5. The number of aryl methyl sites for hydroxylation is 2. The zero-order valence-electron chi connectivity index (χ0n) is 37.3. The number of pyridine rings is 1. The summed E-state index contributed by atoms with van der Waals surface area (Å²) in [5.41, 5.74) is 2.58. The molecular weight excluding hydrogens is 873 g/mol. The van der Waals surface area contributed by atoms with Gasteiger partial charge in [-0.3, -0.25) is 33.4 Å². The van der Waals surface area contributed by atoms with Crippen molar-refractivity contribution in [2.45, 2.75) is 119 Å². The molecule has 3 N–H and O–H groups in total. The van der Waals surface area contributed by atoms with Crippen molar-refractivity contribution in [3.63, 3.8) is 0 Å². The van der Waals surface area contributed by atoms with E-state index < -0.39 is 39.5 Å². The van der Waals surface area contributed by atoms with Gasteiger partial charge in [-0.15, -0.1) is 0 Å². The van der Waals surface area contributed by atoms with Crippen LogP contribution in [0, 0.1) is 12.8 Å². The SMILES string of the molecule is Cc1cc(S(=O)(=O)NCCO[C@H]2CC[C@H](CN3CCC(c4ccc5c(c4)n(C)c(=O)n5C4CCC(=O)NC4=O)CC3)CC2)ccc1Nc1ncc2cc(C(F)F)c(=O)n(C3CCCC3)c2n1. The molecule has 2 aromatic carbocycles. The van der Waals surface area contributed by atoms with Gasteiger partial charge in [0, 0.05) is 49.9 Å². The van der Waals surface area contributed by atoms with E-state index in [4.69, 9.17) is 4.74 Å². The van der Waals surface area contributed by atoms with Crippen LogP contribution in [0.4, 0.5) is 20.4 Å². The molecule has 4 aliphatic rings. The first-order valence-corrected chi connectivity index (χ1v) is 24.7. The molecule has 2 amide bonds. The molecule has 352 valence electrons. The van der Waals surface area contributed by atoms with E-state index >= 15 is 0 Å². The summed E-state index contributed by atoms with van der Waals surface area (Å²) in [6.07, 6.45) is 8.30. The number of benzene rings is 2. The standard InChI is InChI=1S/C47H57F2N9O7S/c1-28-23-35(12-13-37(28)52-46-50-26-32-24-36(42(48)49)45(61)57(43(32)54-46)33-5-3-4-6-33)66(63,64)51-19-22-65-34-10-7-29(8-11-34)27-56-20-17-30(18-21-56)31-9-14-38-40(25-31)55(2)47(62)58(38)39-15-16-41(59)53-44(39)60/h9,12-14,23-26,29-30,33-34,39,42,51H,3-8,10-11,15-22,27H2,1-2H3,(H,50,52,54)(H,53,59,60)/t29-,34-,39?. The van der Waals surface area contributed by atoms with Crippen LogP contribution in [0.2, 0.25) is 0 Å². The summed E-state index contributed by atoms with van der Waals surface area (Å²) in [6, 6.07) is 11.0. The lowest BCUT2D eigenvalue weighted by Crippen LogP contribution is -2.44. The van der Waals surface area contributed by atoms with Crippen molar-refractivity contribution in [1.82, 2.24) is 38.6 Å². The van der Waals surface area contributed by atoms with Crippen LogP contribution in [-0.4, -0.2) is 87.7 Å². The topological polar surface area (TPSA) is 192 Å². The number of ether oxygens (including phenoxy) is 1. The highest BCUT2D eigenvalue weighted by Crippen LogP contribution is 2.35. The number of amides is 2. The van der Waals surface area contributed by atoms with Gasteiger partial charge in [0.15, 0.2) is 0 Å². The molecule has 19 heteroatoms. The predicted octanol–water partition coefficient (Wildman–Crippen LogP) is 6.26. The molecule has 5 aromatic rings. The predicted molar refractivity (Wildman–Crippen MR) is 245 cm³/mol. The Morgan fingerprint density at radius 2 is 1.65 bits per heavy atom. The zero-order valence-corrected chi connectivity index (χ0v) is 38.1. The highest BCUT2D eigenvalue weighted by atomic mass is 32.2. The van der Waals surface area contributed by atoms with Crippen molar-refractivity contribution in [2.24, 2.45) is 13.0 Å². The number of hydrogen-bond acceptors (Lipinski definition) is 11. The first-order chi connectivity index (χ1) is 31.7. The normalized spacial score (nSPS) is 21.6. The molecular formula is C47H57F2N9O7S. The van der Waals surface area contributed by atoms with E-state index in [1.54, 1.807) is 30.7 Å². The highest BCUT2D eigenvalue weighted by molar-refractivity contribution is 7.89. The number of fused-ring (bicyclic) bond motifs is 2. The second-order valence-corrected chi connectivity index (χ2v) is 20.3. The van der Waals surface area contributed by atoms with E-state index in [-0.39, 0.29) is 59.8 Å². The third-order valence-corrected chi connectivity index (χ3v) is 15.7. The lowest BCUT2D eigenvalue weighted by atomic mass is 9.85. The maximum atomic E-state index is 13.8. The summed E-state index contributed by atoms with van der Waals surface area (Å²) in [7, 11) is -2.10. The van der Waals surface area contributed by atoms with Crippen LogP contribution in [0.5, 0.6) is 0 Å². The van der Waals surface area contributed by atoms with Gasteiger partial charge in [-0.05, 0) is 137 Å². The number of aromatic nitrogens is 5. The summed E-state index contributed by atoms with van der Waals surface area (Å²) < 4.78 is 67.4. The maximum Gasteiger partial charge on any atom is 0.329 e. The first kappa shape index (κ1) is 45.8. The Bertz CT molecular complexity index is 2880. The van der Waals surface area contributed by atoms with Gasteiger partial charge in [0.25, 0.3) is 12.0 Å². The fraction of sp³-hybridized carbons (Fsp3) is 0.532. The number of carbonyl (C=O) groups is 2. The molecule has 2 saturated carbocycles. The second kappa shape index (κ2) is 19.1. The van der Waals surface area contributed by atoms with Crippen LogP contribution in [-0.2, 0) is 31.4 Å². The lowest BCUT2D eigenvalue weighted by molar-refractivity contribution is -0.135. The number of likely N-dealkylation sites (tertiary alicyclic amines) is 1. The van der Waals surface area contributed by atoms with Crippen molar-refractivity contribution >= 4 is 55.5 Å². The highest BCUT2D eigenvalue weighted by Gasteiger charge is 2.33. The Morgan fingerprint density at radius 3 is 2.36 bits per heavy atom. The number of nitrogens with one attached hydrogen (secondary N) is 3. The Hall–Kier alpha value is -5.37. The van der Waals surface area contributed by atoms with Gasteiger partial charge < -0.3 is 15.0 Å². The number of nitrogens with zero attached hydrogens (tertiary/aromatic N) is 6. The molecule has 2 saturated heterocycles. The van der Waals surface area contributed by atoms with E-state index in [2.05, 4.69) is 42.4 Å². The van der Waals surface area contributed by atoms with Crippen LogP contribution in [0.15, 0.2) is 63.1 Å². The molecule has 16 nitrogen and oxygen atoms in total. The summed E-state index contributed by atoms with van der Waals surface area (Å²) in [4.78, 5) is 62.2. The van der Waals surface area contributed by atoms with Gasteiger partial charge in [0.05, 0.1) is 34.2 Å². The molecule has 1 atom stereocenters. The molecule has 1 unspecified atom stereocenters. The van der Waals surface area contributed by atoms with Crippen LogP contribution in [0.25, 0.3) is 22.1 Å². The van der Waals surface area contributed by atoms with Gasteiger partial charge in [0.1, 0.15) is 11.7 Å². The molecule has 2 aliphatic carbocycles. The number of imide groups is 1. The average Bonchev–Trinajstić information content (AvgIpc) is 3.92. The first-order valence-electron chi connectivity index (χ1n) is 23.2. The van der Waals surface area contributed by atoms with Crippen LogP contribution in [0.1, 0.15) is 118 Å². The van der Waals surface area contributed by atoms with Gasteiger partial charge in [-0.2, -0.15) is 4.98 Å². The lowest BCUT2D eigenvalue weighted by Gasteiger charge is -2.36. The number of piperidine rings is 2. The van der Waals surface area contributed by atoms with E-state index in [1.807, 2.05) is 6.07 Å². The van der Waals surface area contributed by atoms with E-state index in [1.165, 1.54) is 27.0 Å². The monoisotopic (exact) mass is 929 g/mol. The number of sulfonamides is 1. The van der Waals surface area contributed by atoms with Gasteiger partial charge >= 0.3 is 5.69 Å². The van der Waals surface area contributed by atoms with Crippen molar-refractivity contribution in [1.29, 1.82) is 0 Å². The Kier molecular flexibility index (Phi) is 13.2. The largest absolute Gasteiger partial charge is 0.377 e. The number of halogens is 2. The Balaban J connectivity index is 0.717. The molecule has 3 aromatic heterocycles. The third kappa shape index (κ3) is 9.44. The van der Waals surface area contributed by atoms with Gasteiger partial charge in [-0.25, -0.2) is 31.7 Å². The van der Waals surface area contributed by atoms with Crippen molar-refractivity contribution in [3.05, 3.63) is 86.2 Å². The smallest absolute Gasteiger partial charge is 0.329 e. The van der Waals surface area contributed by atoms with Crippen molar-refractivity contribution in [2.75, 3.05) is 38.1 Å². The van der Waals surface area contributed by atoms with Crippen molar-refractivity contribution in [3.8, 4) is 0 Å². The summed E-state index contributed by atoms with van der Waals surface area (Å²) in [5.74, 6) is 0.364. The van der Waals surface area contributed by atoms with Crippen LogP contribution in [0.3, 0.4) is 0 Å². The molecule has 0 radical (unpaired) electrons. The number of imidazole rings is 1. The number of anilines is 2. The van der Waals surface area contributed by atoms with E-state index in [0.29, 0.717) is 53.3 Å². The molecule has 0 bridgehead atoms. The van der Waals surface area contributed by atoms with E-state index in [0.717, 1.165) is 82.6 Å². The molecule has 0 spiro atoms. The quantitative estimate of drug-likeness (QED) is 0.0842. The van der Waals surface area contributed by atoms with Crippen LogP contribution >= 0.6 is 0 Å². The molecule has 4 fully saturated rings. The average molecular weight is 930 g/mol. The van der Waals surface area contributed by atoms with E-state index in [9.17, 15) is 36.4 Å². The number of rotatable bonds is 14. The number of alkyl halides is 2. The summed E-state index contributed by atoms with van der Waals surface area (Å²) in [6.45, 7) is 5.17. The maximum absolute atomic E-state index is 13.8. The molecule has 9 rings (SSSR count). The van der Waals surface area contributed by atoms with Crippen molar-refractivity contribution < 1.29 is 31.5 Å².